The fraction of sp³-hybridized carbons (Fsp3) is 0.174. The van der Waals surface area contributed by atoms with Crippen molar-refractivity contribution >= 4 is 21.6 Å². The van der Waals surface area contributed by atoms with E-state index in [1.807, 2.05) is 6.92 Å². The predicted molar refractivity (Wildman–Crippen MR) is 117 cm³/mol. The van der Waals surface area contributed by atoms with Gasteiger partial charge in [0.25, 0.3) is 5.91 Å². The molecule has 0 saturated carbocycles. The molecular weight excluding hydrogens is 400 g/mol. The lowest BCUT2D eigenvalue weighted by molar-refractivity contribution is 0.102. The van der Waals surface area contributed by atoms with Crippen molar-refractivity contribution in [2.75, 3.05) is 12.4 Å². The molecule has 0 fully saturated rings. The number of allylic oxidation sites excluding steroid dienone is 1. The van der Waals surface area contributed by atoms with E-state index in [2.05, 4.69) is 11.9 Å². The van der Waals surface area contributed by atoms with Gasteiger partial charge in [-0.25, -0.2) is 8.42 Å². The van der Waals surface area contributed by atoms with Gasteiger partial charge in [-0.2, -0.15) is 0 Å². The summed E-state index contributed by atoms with van der Waals surface area (Å²) in [4.78, 5) is 13.2. The Morgan fingerprint density at radius 1 is 1.10 bits per heavy atom. The molecule has 0 spiro atoms. The molecule has 1 aromatic heterocycles. The zero-order valence-electron chi connectivity index (χ0n) is 17.2. The quantitative estimate of drug-likeness (QED) is 0.571. The van der Waals surface area contributed by atoms with E-state index in [-0.39, 0.29) is 15.6 Å². The fourth-order valence-corrected chi connectivity index (χ4v) is 5.00. The number of hydrogen-bond donors (Lipinski definition) is 1. The number of nitrogens with one attached hydrogen (secondary N) is 1. The second-order valence-corrected chi connectivity index (χ2v) is 8.67. The molecule has 3 rings (SSSR count). The summed E-state index contributed by atoms with van der Waals surface area (Å²) in [7, 11) is -2.30. The van der Waals surface area contributed by atoms with Crippen molar-refractivity contribution in [3.05, 3.63) is 84.1 Å². The van der Waals surface area contributed by atoms with Crippen LogP contribution in [0.3, 0.4) is 0 Å². The van der Waals surface area contributed by atoms with Gasteiger partial charge >= 0.3 is 0 Å². The van der Waals surface area contributed by atoms with Crippen LogP contribution in [0.4, 0.5) is 5.82 Å². The van der Waals surface area contributed by atoms with E-state index in [4.69, 9.17) is 4.74 Å². The molecule has 6 nitrogen and oxygen atoms in total. The van der Waals surface area contributed by atoms with E-state index in [0.717, 1.165) is 5.69 Å². The summed E-state index contributed by atoms with van der Waals surface area (Å²) in [5.41, 5.74) is 1.72. The summed E-state index contributed by atoms with van der Waals surface area (Å²) < 4.78 is 33.8. The number of rotatable bonds is 7. The van der Waals surface area contributed by atoms with Crippen LogP contribution in [0.5, 0.6) is 5.75 Å². The van der Waals surface area contributed by atoms with E-state index < -0.39 is 15.7 Å². The lowest BCUT2D eigenvalue weighted by atomic mass is 10.2. The number of amides is 1. The van der Waals surface area contributed by atoms with Gasteiger partial charge in [0, 0.05) is 17.8 Å². The summed E-state index contributed by atoms with van der Waals surface area (Å²) >= 11 is 0. The second-order valence-electron chi connectivity index (χ2n) is 6.79. The molecule has 0 aliphatic rings. The summed E-state index contributed by atoms with van der Waals surface area (Å²) in [5.74, 6) is 0.445. The average Bonchev–Trinajstić information content (AvgIpc) is 2.99. The Balaban J connectivity index is 2.13. The zero-order valence-corrected chi connectivity index (χ0v) is 18.0. The van der Waals surface area contributed by atoms with Gasteiger partial charge in [0.2, 0.25) is 9.84 Å². The molecule has 0 aliphatic heterocycles. The second kappa shape index (κ2) is 8.59. The number of methoxy groups -OCH3 is 1. The summed E-state index contributed by atoms with van der Waals surface area (Å²) in [6.45, 7) is 7.68. The van der Waals surface area contributed by atoms with Gasteiger partial charge in [0.05, 0.1) is 12.0 Å². The van der Waals surface area contributed by atoms with Gasteiger partial charge in [-0.05, 0) is 55.8 Å². The predicted octanol–water partition coefficient (Wildman–Crippen LogP) is 4.38. The molecule has 7 heteroatoms. The largest absolute Gasteiger partial charge is 0.497 e. The molecule has 3 aromatic rings. The van der Waals surface area contributed by atoms with Gasteiger partial charge in [-0.15, -0.1) is 6.58 Å². The third kappa shape index (κ3) is 3.89. The first-order valence-corrected chi connectivity index (χ1v) is 10.9. The number of nitrogens with zero attached hydrogens (tertiary/aromatic N) is 1. The highest BCUT2D eigenvalue weighted by Gasteiger charge is 2.30. The van der Waals surface area contributed by atoms with E-state index in [9.17, 15) is 13.2 Å². The van der Waals surface area contributed by atoms with Crippen LogP contribution in [0.25, 0.3) is 0 Å². The number of carbonyl (C=O) groups is 1. The number of carbonyl (C=O) groups excluding carboxylic acids is 1. The molecule has 2 aromatic carbocycles. The molecule has 0 aliphatic carbocycles. The van der Waals surface area contributed by atoms with E-state index in [1.165, 1.54) is 0 Å². The lowest BCUT2D eigenvalue weighted by Gasteiger charge is -2.13. The van der Waals surface area contributed by atoms with Crippen LogP contribution in [-0.4, -0.2) is 26.0 Å². The number of sulfone groups is 1. The van der Waals surface area contributed by atoms with Crippen molar-refractivity contribution in [3.63, 3.8) is 0 Å². The molecule has 0 saturated heterocycles. The van der Waals surface area contributed by atoms with Crippen molar-refractivity contribution in [2.24, 2.45) is 0 Å². The summed E-state index contributed by atoms with van der Waals surface area (Å²) in [6, 6.07) is 14.8. The highest BCUT2D eigenvalue weighted by Crippen LogP contribution is 2.35. The number of ether oxygens (including phenoxy) is 1. The normalized spacial score (nSPS) is 11.2. The van der Waals surface area contributed by atoms with Crippen LogP contribution >= 0.6 is 0 Å². The summed E-state index contributed by atoms with van der Waals surface area (Å²) in [6.07, 6.45) is 1.66. The maximum absolute atomic E-state index is 13.4. The van der Waals surface area contributed by atoms with Crippen LogP contribution < -0.4 is 10.1 Å². The van der Waals surface area contributed by atoms with Gasteiger partial charge < -0.3 is 14.6 Å². The Hall–Kier alpha value is -3.32. The monoisotopic (exact) mass is 424 g/mol. The van der Waals surface area contributed by atoms with Gasteiger partial charge in [0.1, 0.15) is 16.5 Å². The average molecular weight is 425 g/mol. The molecule has 1 heterocycles. The Morgan fingerprint density at radius 2 is 1.73 bits per heavy atom. The first kappa shape index (κ1) is 21.4. The Labute approximate surface area is 176 Å². The third-order valence-corrected chi connectivity index (χ3v) is 6.92. The van der Waals surface area contributed by atoms with Crippen LogP contribution in [-0.2, 0) is 16.4 Å². The van der Waals surface area contributed by atoms with Gasteiger partial charge in [0.15, 0.2) is 0 Å². The van der Waals surface area contributed by atoms with E-state index in [0.29, 0.717) is 23.4 Å². The van der Waals surface area contributed by atoms with E-state index >= 15 is 0 Å². The third-order valence-electron chi connectivity index (χ3n) is 4.99. The maximum Gasteiger partial charge on any atom is 0.256 e. The van der Waals surface area contributed by atoms with Crippen molar-refractivity contribution in [3.8, 4) is 5.75 Å². The SMILES string of the molecule is C=CCn1c(C)c(C)c(S(=O)(=O)c2ccccc2)c1NC(=O)c1ccc(OC)cc1. The lowest BCUT2D eigenvalue weighted by Crippen LogP contribution is -2.18. The zero-order chi connectivity index (χ0) is 21.9. The van der Waals surface area contributed by atoms with Crippen LogP contribution in [0.1, 0.15) is 21.6 Å². The number of hydrogen-bond acceptors (Lipinski definition) is 4. The molecule has 1 amide bonds. The van der Waals surface area contributed by atoms with Crippen LogP contribution in [0.15, 0.2) is 77.0 Å². The molecule has 1 N–H and O–H groups in total. The molecule has 0 radical (unpaired) electrons. The molecule has 0 atom stereocenters. The van der Waals surface area contributed by atoms with E-state index in [1.54, 1.807) is 79.3 Å². The number of anilines is 1. The number of benzene rings is 2. The number of aromatic nitrogens is 1. The van der Waals surface area contributed by atoms with Crippen molar-refractivity contribution in [1.82, 2.24) is 4.57 Å². The molecule has 0 bridgehead atoms. The van der Waals surface area contributed by atoms with Crippen molar-refractivity contribution in [1.29, 1.82) is 0 Å². The Bertz CT molecular complexity index is 1180. The van der Waals surface area contributed by atoms with Crippen LogP contribution in [0, 0.1) is 13.8 Å². The minimum absolute atomic E-state index is 0.0925. The summed E-state index contributed by atoms with van der Waals surface area (Å²) in [5, 5.41) is 2.81. The topological polar surface area (TPSA) is 77.4 Å². The van der Waals surface area contributed by atoms with Crippen molar-refractivity contribution in [2.45, 2.75) is 30.2 Å². The molecule has 156 valence electrons. The maximum atomic E-state index is 13.4. The fourth-order valence-electron chi connectivity index (χ4n) is 3.28. The standard InChI is InChI=1S/C23H24N2O4S/c1-5-15-25-17(3)16(2)21(30(27,28)20-9-7-6-8-10-20)22(25)24-23(26)18-11-13-19(29-4)14-12-18/h5-14H,1,15H2,2-4H3,(H,24,26). The van der Waals surface area contributed by atoms with Gasteiger partial charge in [-0.1, -0.05) is 24.3 Å². The minimum atomic E-state index is -3.85. The highest BCUT2D eigenvalue weighted by molar-refractivity contribution is 7.91. The van der Waals surface area contributed by atoms with Crippen molar-refractivity contribution < 1.29 is 17.9 Å². The molecular formula is C23H24N2O4S. The first-order chi connectivity index (χ1) is 14.3. The first-order valence-electron chi connectivity index (χ1n) is 9.37. The Kier molecular flexibility index (Phi) is 6.12. The van der Waals surface area contributed by atoms with Gasteiger partial charge in [-0.3, -0.25) is 4.79 Å². The minimum Gasteiger partial charge on any atom is -0.497 e. The van der Waals surface area contributed by atoms with Crippen LogP contribution in [0.2, 0.25) is 0 Å². The molecule has 30 heavy (non-hydrogen) atoms. The molecule has 0 unspecified atom stereocenters. The highest BCUT2D eigenvalue weighted by atomic mass is 32.2. The Morgan fingerprint density at radius 3 is 2.30 bits per heavy atom. The smallest absolute Gasteiger partial charge is 0.256 e.